The van der Waals surface area contributed by atoms with Gasteiger partial charge in [0.15, 0.2) is 0 Å². The van der Waals surface area contributed by atoms with Gasteiger partial charge >= 0.3 is 0 Å². The van der Waals surface area contributed by atoms with Crippen LogP contribution in [0.25, 0.3) is 0 Å². The molecule has 0 aromatic heterocycles. The molecule has 0 aliphatic heterocycles. The number of unbranched alkanes of at least 4 members (excludes halogenated alkanes) is 2. The van der Waals surface area contributed by atoms with Crippen molar-refractivity contribution in [2.24, 2.45) is 0 Å². The fourth-order valence-electron chi connectivity index (χ4n) is 0.808. The summed E-state index contributed by atoms with van der Waals surface area (Å²) < 4.78 is 29.5. The van der Waals surface area contributed by atoms with Crippen LogP contribution in [-0.2, 0) is 4.74 Å². The Hall–Kier alpha value is -0.180. The lowest BCUT2D eigenvalue weighted by Gasteiger charge is -2.09. The highest BCUT2D eigenvalue weighted by atomic mass is 19.3. The minimum atomic E-state index is -2.58. The highest BCUT2D eigenvalue weighted by Gasteiger charge is 2.19. The summed E-state index contributed by atoms with van der Waals surface area (Å²) in [5.74, 6) is -2.58. The summed E-state index contributed by atoms with van der Waals surface area (Å²) >= 11 is 0. The van der Waals surface area contributed by atoms with Crippen molar-refractivity contribution in [2.75, 3.05) is 13.2 Å². The first-order valence-corrected chi connectivity index (χ1v) is 4.52. The highest BCUT2D eigenvalue weighted by molar-refractivity contribution is 4.55. The van der Waals surface area contributed by atoms with Crippen LogP contribution in [-0.4, -0.2) is 19.1 Å². The number of alkyl halides is 2. The Labute approximate surface area is 73.1 Å². The molecule has 0 aromatic rings. The highest BCUT2D eigenvalue weighted by Crippen LogP contribution is 2.16. The third-order valence-electron chi connectivity index (χ3n) is 1.58. The van der Waals surface area contributed by atoms with Crippen LogP contribution in [0.1, 0.15) is 39.5 Å². The van der Waals surface area contributed by atoms with Crippen molar-refractivity contribution in [2.45, 2.75) is 45.5 Å². The molecule has 12 heavy (non-hydrogen) atoms. The largest absolute Gasteiger partial charge is 0.381 e. The molecule has 0 atom stereocenters. The zero-order valence-electron chi connectivity index (χ0n) is 7.91. The molecule has 0 spiro atoms. The average Bonchev–Trinajstić information content (AvgIpc) is 1.94. The summed E-state index contributed by atoms with van der Waals surface area (Å²) in [5, 5.41) is 0. The molecule has 3 heteroatoms. The summed E-state index contributed by atoms with van der Waals surface area (Å²) in [6.45, 7) is 3.81. The second kappa shape index (κ2) is 6.35. The zero-order valence-corrected chi connectivity index (χ0v) is 7.91. The predicted octanol–water partition coefficient (Wildman–Crippen LogP) is 3.24. The van der Waals surface area contributed by atoms with E-state index in [2.05, 4.69) is 6.92 Å². The fourth-order valence-corrected chi connectivity index (χ4v) is 0.808. The van der Waals surface area contributed by atoms with E-state index in [1.165, 1.54) is 0 Å². The van der Waals surface area contributed by atoms with Crippen LogP contribution in [0.5, 0.6) is 0 Å². The summed E-state index contributed by atoms with van der Waals surface area (Å²) in [7, 11) is 0. The van der Waals surface area contributed by atoms with E-state index in [0.29, 0.717) is 6.61 Å². The molecule has 0 rings (SSSR count). The number of ether oxygens (including phenoxy) is 1. The van der Waals surface area contributed by atoms with Crippen LogP contribution in [0.4, 0.5) is 8.78 Å². The Balaban J connectivity index is 3.01. The van der Waals surface area contributed by atoms with Crippen molar-refractivity contribution in [1.82, 2.24) is 0 Å². The molecular formula is C9H18F2O. The molecule has 0 fully saturated rings. The standard InChI is InChI=1S/C9H18F2O/c1-3-4-5-7-12-8-6-9(2,10)11/h3-8H2,1-2H3. The van der Waals surface area contributed by atoms with E-state index in [0.717, 1.165) is 26.2 Å². The number of rotatable bonds is 7. The molecular weight excluding hydrogens is 162 g/mol. The maximum atomic E-state index is 12.2. The van der Waals surface area contributed by atoms with Crippen LogP contribution in [0.15, 0.2) is 0 Å². The van der Waals surface area contributed by atoms with Crippen molar-refractivity contribution in [3.05, 3.63) is 0 Å². The Kier molecular flexibility index (Phi) is 6.25. The molecule has 0 saturated carbocycles. The van der Waals surface area contributed by atoms with E-state index in [9.17, 15) is 8.78 Å². The average molecular weight is 180 g/mol. The van der Waals surface area contributed by atoms with E-state index >= 15 is 0 Å². The van der Waals surface area contributed by atoms with Gasteiger partial charge in [-0.05, 0) is 13.3 Å². The molecule has 0 aliphatic carbocycles. The van der Waals surface area contributed by atoms with Crippen LogP contribution in [0.3, 0.4) is 0 Å². The molecule has 0 saturated heterocycles. The van der Waals surface area contributed by atoms with Gasteiger partial charge in [0.05, 0.1) is 6.61 Å². The van der Waals surface area contributed by atoms with E-state index in [4.69, 9.17) is 4.74 Å². The second-order valence-corrected chi connectivity index (χ2v) is 3.14. The van der Waals surface area contributed by atoms with Crippen LogP contribution < -0.4 is 0 Å². The van der Waals surface area contributed by atoms with Gasteiger partial charge in [-0.25, -0.2) is 8.78 Å². The van der Waals surface area contributed by atoms with Gasteiger partial charge in [-0.2, -0.15) is 0 Å². The van der Waals surface area contributed by atoms with Gasteiger partial charge in [0, 0.05) is 13.0 Å². The molecule has 0 amide bonds. The molecule has 1 nitrogen and oxygen atoms in total. The summed E-state index contributed by atoms with van der Waals surface area (Å²) in [6.07, 6.45) is 3.06. The monoisotopic (exact) mass is 180 g/mol. The minimum Gasteiger partial charge on any atom is -0.381 e. The van der Waals surface area contributed by atoms with E-state index in [1.54, 1.807) is 0 Å². The van der Waals surface area contributed by atoms with Gasteiger partial charge in [0.25, 0.3) is 0 Å². The Morgan fingerprint density at radius 3 is 2.33 bits per heavy atom. The smallest absolute Gasteiger partial charge is 0.247 e. The van der Waals surface area contributed by atoms with Gasteiger partial charge < -0.3 is 4.74 Å². The van der Waals surface area contributed by atoms with Gasteiger partial charge in [-0.1, -0.05) is 19.8 Å². The second-order valence-electron chi connectivity index (χ2n) is 3.14. The van der Waals surface area contributed by atoms with Gasteiger partial charge in [0.1, 0.15) is 0 Å². The van der Waals surface area contributed by atoms with E-state index < -0.39 is 5.92 Å². The van der Waals surface area contributed by atoms with Crippen molar-refractivity contribution in [3.63, 3.8) is 0 Å². The molecule has 0 unspecified atom stereocenters. The van der Waals surface area contributed by atoms with Crippen LogP contribution in [0.2, 0.25) is 0 Å². The lowest BCUT2D eigenvalue weighted by Crippen LogP contribution is -2.13. The maximum Gasteiger partial charge on any atom is 0.247 e. The summed E-state index contributed by atoms with van der Waals surface area (Å²) in [6, 6.07) is 0. The van der Waals surface area contributed by atoms with E-state index in [1.807, 2.05) is 0 Å². The Morgan fingerprint density at radius 2 is 1.83 bits per heavy atom. The third-order valence-corrected chi connectivity index (χ3v) is 1.58. The predicted molar refractivity (Wildman–Crippen MR) is 45.6 cm³/mol. The molecule has 0 N–H and O–H groups in total. The Bertz CT molecular complexity index is 99.2. The lowest BCUT2D eigenvalue weighted by atomic mass is 10.2. The van der Waals surface area contributed by atoms with Crippen molar-refractivity contribution in [3.8, 4) is 0 Å². The van der Waals surface area contributed by atoms with Crippen molar-refractivity contribution >= 4 is 0 Å². The van der Waals surface area contributed by atoms with Gasteiger partial charge in [0.2, 0.25) is 5.92 Å². The zero-order chi connectivity index (χ0) is 9.45. The minimum absolute atomic E-state index is 0.168. The number of halogens is 2. The topological polar surface area (TPSA) is 9.23 Å². The molecule has 0 aromatic carbocycles. The molecule has 0 aliphatic rings. The molecule has 74 valence electrons. The van der Waals surface area contributed by atoms with Crippen LogP contribution >= 0.6 is 0 Å². The molecule has 0 radical (unpaired) electrons. The number of hydrogen-bond acceptors (Lipinski definition) is 1. The molecule has 0 heterocycles. The number of hydrogen-bond donors (Lipinski definition) is 0. The van der Waals surface area contributed by atoms with Crippen molar-refractivity contribution < 1.29 is 13.5 Å². The molecule has 0 bridgehead atoms. The normalized spacial score (nSPS) is 12.0. The summed E-state index contributed by atoms with van der Waals surface area (Å²) in [4.78, 5) is 0. The first-order valence-electron chi connectivity index (χ1n) is 4.52. The van der Waals surface area contributed by atoms with Crippen LogP contribution in [0, 0.1) is 0 Å². The maximum absolute atomic E-state index is 12.2. The van der Waals surface area contributed by atoms with Gasteiger partial charge in [-0.3, -0.25) is 0 Å². The third kappa shape index (κ3) is 9.82. The first kappa shape index (κ1) is 11.8. The van der Waals surface area contributed by atoms with Crippen molar-refractivity contribution in [1.29, 1.82) is 0 Å². The SMILES string of the molecule is CCCCCOCCC(C)(F)F. The fraction of sp³-hybridized carbons (Fsp3) is 1.00. The van der Waals surface area contributed by atoms with Gasteiger partial charge in [-0.15, -0.1) is 0 Å². The lowest BCUT2D eigenvalue weighted by molar-refractivity contribution is -0.0167. The first-order chi connectivity index (χ1) is 5.56. The Morgan fingerprint density at radius 1 is 1.17 bits per heavy atom. The van der Waals surface area contributed by atoms with E-state index in [-0.39, 0.29) is 13.0 Å². The summed E-state index contributed by atoms with van der Waals surface area (Å²) in [5.41, 5.74) is 0. The quantitative estimate of drug-likeness (QED) is 0.546.